The highest BCUT2D eigenvalue weighted by Gasteiger charge is 2.30. The van der Waals surface area contributed by atoms with Crippen molar-refractivity contribution in [2.24, 2.45) is 17.6 Å². The molecule has 2 atom stereocenters. The SMILES string of the molecule is NCCCCC(=O)NCC1CCCCC1C(=O)O. The second kappa shape index (κ2) is 8.08. The average molecular weight is 256 g/mol. The van der Waals surface area contributed by atoms with Crippen LogP contribution in [-0.4, -0.2) is 30.1 Å². The lowest BCUT2D eigenvalue weighted by atomic mass is 9.79. The molecule has 0 spiro atoms. The first-order valence-corrected chi connectivity index (χ1v) is 6.84. The fourth-order valence-electron chi connectivity index (χ4n) is 2.54. The number of amides is 1. The first kappa shape index (κ1) is 15.0. The summed E-state index contributed by atoms with van der Waals surface area (Å²) in [5.74, 6) is -0.909. The lowest BCUT2D eigenvalue weighted by molar-refractivity contribution is -0.145. The number of hydrogen-bond donors (Lipinski definition) is 3. The predicted octanol–water partition coefficient (Wildman–Crippen LogP) is 1.12. The third-order valence-electron chi connectivity index (χ3n) is 3.65. The fourth-order valence-corrected chi connectivity index (χ4v) is 2.54. The summed E-state index contributed by atoms with van der Waals surface area (Å²) < 4.78 is 0. The Labute approximate surface area is 108 Å². The molecule has 1 aliphatic carbocycles. The number of nitrogens with two attached hydrogens (primary N) is 1. The molecule has 1 saturated carbocycles. The van der Waals surface area contributed by atoms with Gasteiger partial charge >= 0.3 is 5.97 Å². The van der Waals surface area contributed by atoms with Gasteiger partial charge in [0.1, 0.15) is 0 Å². The van der Waals surface area contributed by atoms with Gasteiger partial charge in [0.2, 0.25) is 5.91 Å². The van der Waals surface area contributed by atoms with Gasteiger partial charge in [0.15, 0.2) is 0 Å². The average Bonchev–Trinajstić information content (AvgIpc) is 2.37. The number of carboxylic acid groups (broad SMARTS) is 1. The molecular formula is C13H24N2O3. The standard InChI is InChI=1S/C13H24N2O3/c14-8-4-3-7-12(16)15-9-10-5-1-2-6-11(10)13(17)18/h10-11H,1-9,14H2,(H,15,16)(H,17,18). The van der Waals surface area contributed by atoms with Gasteiger partial charge in [-0.05, 0) is 38.1 Å². The third-order valence-corrected chi connectivity index (χ3v) is 3.65. The van der Waals surface area contributed by atoms with Gasteiger partial charge in [0.05, 0.1) is 5.92 Å². The van der Waals surface area contributed by atoms with Crippen molar-refractivity contribution in [2.45, 2.75) is 44.9 Å². The van der Waals surface area contributed by atoms with Crippen LogP contribution < -0.4 is 11.1 Å². The number of unbranched alkanes of at least 4 members (excludes halogenated alkanes) is 1. The van der Waals surface area contributed by atoms with Crippen LogP contribution in [0.5, 0.6) is 0 Å². The van der Waals surface area contributed by atoms with E-state index in [0.29, 0.717) is 19.5 Å². The monoisotopic (exact) mass is 256 g/mol. The molecule has 0 aromatic rings. The van der Waals surface area contributed by atoms with E-state index in [1.54, 1.807) is 0 Å². The van der Waals surface area contributed by atoms with Crippen LogP contribution in [0.25, 0.3) is 0 Å². The number of aliphatic carboxylic acids is 1. The van der Waals surface area contributed by atoms with E-state index in [9.17, 15) is 9.59 Å². The van der Waals surface area contributed by atoms with Crippen molar-refractivity contribution in [3.8, 4) is 0 Å². The Bertz CT molecular complexity index is 281. The Morgan fingerprint density at radius 1 is 1.22 bits per heavy atom. The van der Waals surface area contributed by atoms with Gasteiger partial charge in [-0.3, -0.25) is 9.59 Å². The molecule has 4 N–H and O–H groups in total. The highest BCUT2D eigenvalue weighted by Crippen LogP contribution is 2.29. The third kappa shape index (κ3) is 5.04. The molecule has 1 rings (SSSR count). The molecule has 0 radical (unpaired) electrons. The van der Waals surface area contributed by atoms with E-state index in [4.69, 9.17) is 10.8 Å². The van der Waals surface area contributed by atoms with Crippen LogP contribution >= 0.6 is 0 Å². The van der Waals surface area contributed by atoms with Crippen LogP contribution in [-0.2, 0) is 9.59 Å². The van der Waals surface area contributed by atoms with Gasteiger partial charge in [-0.2, -0.15) is 0 Å². The molecule has 0 heterocycles. The van der Waals surface area contributed by atoms with Crippen LogP contribution in [0.3, 0.4) is 0 Å². The Morgan fingerprint density at radius 2 is 1.94 bits per heavy atom. The van der Waals surface area contributed by atoms with Crippen LogP contribution in [0.4, 0.5) is 0 Å². The molecule has 1 fully saturated rings. The number of nitrogens with one attached hydrogen (secondary N) is 1. The van der Waals surface area contributed by atoms with Gasteiger partial charge in [0, 0.05) is 13.0 Å². The summed E-state index contributed by atoms with van der Waals surface area (Å²) in [6, 6.07) is 0. The first-order valence-electron chi connectivity index (χ1n) is 6.84. The summed E-state index contributed by atoms with van der Waals surface area (Å²) in [7, 11) is 0. The number of carboxylic acids is 1. The minimum absolute atomic E-state index is 0.0122. The van der Waals surface area contributed by atoms with Gasteiger partial charge < -0.3 is 16.2 Å². The summed E-state index contributed by atoms with van der Waals surface area (Å²) >= 11 is 0. The van der Waals surface area contributed by atoms with Crippen molar-refractivity contribution < 1.29 is 14.7 Å². The molecule has 0 saturated heterocycles. The normalized spacial score (nSPS) is 23.6. The van der Waals surface area contributed by atoms with Gasteiger partial charge in [0.25, 0.3) is 0 Å². The maximum atomic E-state index is 11.5. The molecular weight excluding hydrogens is 232 g/mol. The van der Waals surface area contributed by atoms with Crippen molar-refractivity contribution >= 4 is 11.9 Å². The second-order valence-corrected chi connectivity index (χ2v) is 5.04. The van der Waals surface area contributed by atoms with Gasteiger partial charge in [-0.15, -0.1) is 0 Å². The zero-order chi connectivity index (χ0) is 13.4. The molecule has 5 nitrogen and oxygen atoms in total. The van der Waals surface area contributed by atoms with Gasteiger partial charge in [-0.25, -0.2) is 0 Å². The summed E-state index contributed by atoms with van der Waals surface area (Å²) in [4.78, 5) is 22.6. The largest absolute Gasteiger partial charge is 0.481 e. The molecule has 1 aliphatic rings. The van der Waals surface area contributed by atoms with Crippen LogP contribution in [0, 0.1) is 11.8 Å². The first-order chi connectivity index (χ1) is 8.65. The number of rotatable bonds is 7. The Balaban J connectivity index is 2.27. The Hall–Kier alpha value is -1.10. The van der Waals surface area contributed by atoms with E-state index in [0.717, 1.165) is 38.5 Å². The minimum atomic E-state index is -0.725. The molecule has 104 valence electrons. The predicted molar refractivity (Wildman–Crippen MR) is 69.0 cm³/mol. The fraction of sp³-hybridized carbons (Fsp3) is 0.846. The number of hydrogen-bond acceptors (Lipinski definition) is 3. The van der Waals surface area contributed by atoms with Crippen molar-refractivity contribution in [3.63, 3.8) is 0 Å². The molecule has 2 unspecified atom stereocenters. The molecule has 1 amide bonds. The van der Waals surface area contributed by atoms with Crippen molar-refractivity contribution in [3.05, 3.63) is 0 Å². The van der Waals surface area contributed by atoms with E-state index in [1.165, 1.54) is 0 Å². The second-order valence-electron chi connectivity index (χ2n) is 5.04. The van der Waals surface area contributed by atoms with Crippen molar-refractivity contribution in [1.29, 1.82) is 0 Å². The van der Waals surface area contributed by atoms with E-state index in [-0.39, 0.29) is 17.7 Å². The number of carbonyl (C=O) groups is 2. The zero-order valence-corrected chi connectivity index (χ0v) is 10.9. The quantitative estimate of drug-likeness (QED) is 0.595. The molecule has 0 aromatic heterocycles. The van der Waals surface area contributed by atoms with Crippen LogP contribution in [0.15, 0.2) is 0 Å². The van der Waals surface area contributed by atoms with Crippen molar-refractivity contribution in [2.75, 3.05) is 13.1 Å². The lowest BCUT2D eigenvalue weighted by Gasteiger charge is -2.28. The highest BCUT2D eigenvalue weighted by molar-refractivity contribution is 5.76. The highest BCUT2D eigenvalue weighted by atomic mass is 16.4. The Morgan fingerprint density at radius 3 is 2.61 bits per heavy atom. The van der Waals surface area contributed by atoms with Gasteiger partial charge in [-0.1, -0.05) is 12.8 Å². The summed E-state index contributed by atoms with van der Waals surface area (Å²) in [5, 5.41) is 12.0. The topological polar surface area (TPSA) is 92.4 Å². The molecule has 5 heteroatoms. The van der Waals surface area contributed by atoms with E-state index in [1.807, 2.05) is 0 Å². The summed E-state index contributed by atoms with van der Waals surface area (Å²) in [6.45, 7) is 1.11. The zero-order valence-electron chi connectivity index (χ0n) is 10.9. The summed E-state index contributed by atoms with van der Waals surface area (Å²) in [6.07, 6.45) is 5.84. The maximum absolute atomic E-state index is 11.5. The molecule has 0 aliphatic heterocycles. The molecule has 18 heavy (non-hydrogen) atoms. The van der Waals surface area contributed by atoms with Crippen LogP contribution in [0.2, 0.25) is 0 Å². The van der Waals surface area contributed by atoms with E-state index < -0.39 is 5.97 Å². The molecule has 0 bridgehead atoms. The number of carbonyl (C=O) groups excluding carboxylic acids is 1. The van der Waals surface area contributed by atoms with E-state index in [2.05, 4.69) is 5.32 Å². The minimum Gasteiger partial charge on any atom is -0.481 e. The smallest absolute Gasteiger partial charge is 0.306 e. The Kier molecular flexibility index (Phi) is 6.72. The summed E-state index contributed by atoms with van der Waals surface area (Å²) in [5.41, 5.74) is 5.36. The van der Waals surface area contributed by atoms with Crippen molar-refractivity contribution in [1.82, 2.24) is 5.32 Å². The van der Waals surface area contributed by atoms with Crippen LogP contribution in [0.1, 0.15) is 44.9 Å². The van der Waals surface area contributed by atoms with E-state index >= 15 is 0 Å². The molecule has 0 aromatic carbocycles. The maximum Gasteiger partial charge on any atom is 0.306 e. The lowest BCUT2D eigenvalue weighted by Crippen LogP contribution is -2.37.